The minimum Gasteiger partial charge on any atom is -0.300 e. The first-order valence-electron chi connectivity index (χ1n) is 4.19. The van der Waals surface area contributed by atoms with E-state index in [-0.39, 0.29) is 9.57 Å². The Labute approximate surface area is 93.0 Å². The van der Waals surface area contributed by atoms with E-state index in [0.29, 0.717) is 6.42 Å². The van der Waals surface area contributed by atoms with Gasteiger partial charge < -0.3 is 4.79 Å². The molecule has 0 aromatic heterocycles. The van der Waals surface area contributed by atoms with Crippen LogP contribution >= 0.6 is 27.5 Å². The summed E-state index contributed by atoms with van der Waals surface area (Å²) in [4.78, 5) is 9.81. The largest absolute Gasteiger partial charge is 0.300 e. The van der Waals surface area contributed by atoms with Crippen LogP contribution in [0.15, 0.2) is 24.3 Å². The zero-order chi connectivity index (χ0) is 10.3. The van der Waals surface area contributed by atoms with E-state index in [1.165, 1.54) is 0 Å². The molecule has 1 unspecified atom stereocenters. The van der Waals surface area contributed by atoms with Crippen LogP contribution < -0.4 is 0 Å². The van der Waals surface area contributed by atoms with Crippen LogP contribution in [0.3, 0.4) is 0 Å². The molecule has 0 bridgehead atoms. The topological polar surface area (TPSA) is 17.1 Å². The molecular formula is C10H14BrClO. The van der Waals surface area contributed by atoms with Gasteiger partial charge in [-0.05, 0) is 13.3 Å². The van der Waals surface area contributed by atoms with Crippen molar-refractivity contribution in [3.05, 3.63) is 24.3 Å². The van der Waals surface area contributed by atoms with Crippen LogP contribution in [-0.4, -0.2) is 9.57 Å². The van der Waals surface area contributed by atoms with Gasteiger partial charge in [0.25, 0.3) is 0 Å². The van der Waals surface area contributed by atoms with Crippen molar-refractivity contribution in [3.8, 4) is 0 Å². The molecule has 0 saturated heterocycles. The first-order chi connectivity index (χ1) is 5.98. The molecule has 0 aromatic carbocycles. The van der Waals surface area contributed by atoms with Crippen LogP contribution in [0.1, 0.15) is 26.7 Å². The van der Waals surface area contributed by atoms with Crippen LogP contribution in [0.25, 0.3) is 0 Å². The van der Waals surface area contributed by atoms with E-state index < -0.39 is 0 Å². The molecule has 1 aliphatic carbocycles. The molecule has 0 amide bonds. The lowest BCUT2D eigenvalue weighted by Gasteiger charge is -2.13. The molecule has 0 spiro atoms. The van der Waals surface area contributed by atoms with Crippen LogP contribution in [0.4, 0.5) is 0 Å². The molecule has 0 fully saturated rings. The summed E-state index contributed by atoms with van der Waals surface area (Å²) in [5.74, 6) is 0.255. The molecule has 1 nitrogen and oxygen atoms in total. The Kier molecular flexibility index (Phi) is 6.35. The second-order valence-corrected chi connectivity index (χ2v) is 5.35. The van der Waals surface area contributed by atoms with Crippen molar-refractivity contribution in [2.75, 3.05) is 0 Å². The van der Waals surface area contributed by atoms with Gasteiger partial charge in [0.05, 0.1) is 0 Å². The maximum absolute atomic E-state index is 9.81. The highest BCUT2D eigenvalue weighted by Gasteiger charge is 2.17. The van der Waals surface area contributed by atoms with Gasteiger partial charge in [0, 0.05) is 6.42 Å². The van der Waals surface area contributed by atoms with Crippen molar-refractivity contribution in [1.82, 2.24) is 0 Å². The summed E-state index contributed by atoms with van der Waals surface area (Å²) in [5, 5.41) is 0. The zero-order valence-corrected chi connectivity index (χ0v) is 10.2. The Morgan fingerprint density at radius 3 is 2.31 bits per heavy atom. The summed E-state index contributed by atoms with van der Waals surface area (Å²) in [5.41, 5.74) is 0. The standard InChI is InChI=1S/C6H6BrCl.C4H8O/c7-6(8)4-2-1-3-5-6;1-3-4(2)5/h1-4H,5H2;3H2,1-2H3. The van der Waals surface area contributed by atoms with Crippen LogP contribution in [0, 0.1) is 0 Å². The van der Waals surface area contributed by atoms with Crippen LogP contribution in [-0.2, 0) is 4.79 Å². The molecule has 13 heavy (non-hydrogen) atoms. The Hall–Kier alpha value is -0.0800. The third-order valence-corrected chi connectivity index (χ3v) is 2.34. The van der Waals surface area contributed by atoms with E-state index in [1.807, 2.05) is 31.2 Å². The fourth-order valence-electron chi connectivity index (χ4n) is 0.568. The maximum Gasteiger partial charge on any atom is 0.129 e. The molecule has 0 aliphatic heterocycles. The van der Waals surface area contributed by atoms with Crippen molar-refractivity contribution < 1.29 is 4.79 Å². The highest BCUT2D eigenvalue weighted by molar-refractivity contribution is 9.10. The van der Waals surface area contributed by atoms with E-state index in [0.717, 1.165) is 6.42 Å². The Morgan fingerprint density at radius 2 is 2.15 bits per heavy atom. The van der Waals surface area contributed by atoms with Gasteiger partial charge >= 0.3 is 0 Å². The molecule has 74 valence electrons. The number of allylic oxidation sites excluding steroid dienone is 4. The fraction of sp³-hybridized carbons (Fsp3) is 0.500. The average molecular weight is 266 g/mol. The number of ketones is 1. The molecular weight excluding hydrogens is 251 g/mol. The summed E-state index contributed by atoms with van der Waals surface area (Å²) in [7, 11) is 0. The molecule has 0 saturated carbocycles. The number of alkyl halides is 2. The van der Waals surface area contributed by atoms with Gasteiger partial charge in [-0.25, -0.2) is 0 Å². The highest BCUT2D eigenvalue weighted by Crippen LogP contribution is 2.31. The predicted molar refractivity (Wildman–Crippen MR) is 61.4 cm³/mol. The number of hydrogen-bond acceptors (Lipinski definition) is 1. The second-order valence-electron chi connectivity index (χ2n) is 2.81. The molecule has 1 rings (SSSR count). The number of carbonyl (C=O) groups excluding carboxylic acids is 1. The molecule has 3 heteroatoms. The summed E-state index contributed by atoms with van der Waals surface area (Å²) < 4.78 is -0.304. The Balaban J connectivity index is 0.000000252. The zero-order valence-electron chi connectivity index (χ0n) is 7.89. The van der Waals surface area contributed by atoms with Crippen molar-refractivity contribution in [2.45, 2.75) is 30.5 Å². The van der Waals surface area contributed by atoms with Crippen LogP contribution in [0.5, 0.6) is 0 Å². The number of halogens is 2. The van der Waals surface area contributed by atoms with Crippen molar-refractivity contribution in [3.63, 3.8) is 0 Å². The second kappa shape index (κ2) is 6.39. The van der Waals surface area contributed by atoms with Gasteiger partial charge in [-0.3, -0.25) is 0 Å². The molecule has 1 atom stereocenters. The Bertz CT molecular complexity index is 219. The fourth-order valence-corrected chi connectivity index (χ4v) is 1.07. The molecule has 0 N–H and O–H groups in total. The SMILES string of the molecule is CCC(C)=O.ClC1(Br)C=CC=CC1. The van der Waals surface area contributed by atoms with Crippen LogP contribution in [0.2, 0.25) is 0 Å². The number of Topliss-reactive ketones (excluding diaryl/α,β-unsaturated/α-hetero) is 1. The summed E-state index contributed by atoms with van der Waals surface area (Å²) in [6, 6.07) is 0. The average Bonchev–Trinajstić information content (AvgIpc) is 2.05. The smallest absolute Gasteiger partial charge is 0.129 e. The Morgan fingerprint density at radius 1 is 1.62 bits per heavy atom. The van der Waals surface area contributed by atoms with E-state index in [1.54, 1.807) is 6.92 Å². The van der Waals surface area contributed by atoms with Gasteiger partial charge in [0.15, 0.2) is 0 Å². The van der Waals surface area contributed by atoms with E-state index in [2.05, 4.69) is 15.9 Å². The monoisotopic (exact) mass is 264 g/mol. The minimum absolute atomic E-state index is 0.255. The van der Waals surface area contributed by atoms with Gasteiger partial charge in [0.2, 0.25) is 0 Å². The summed E-state index contributed by atoms with van der Waals surface area (Å²) >= 11 is 9.17. The predicted octanol–water partition coefficient (Wildman–Crippen LogP) is 3.82. The van der Waals surface area contributed by atoms with Gasteiger partial charge in [0.1, 0.15) is 9.57 Å². The van der Waals surface area contributed by atoms with E-state index in [4.69, 9.17) is 11.6 Å². The van der Waals surface area contributed by atoms with Crippen molar-refractivity contribution in [2.24, 2.45) is 0 Å². The quantitative estimate of drug-likeness (QED) is 0.659. The minimum atomic E-state index is -0.304. The third-order valence-electron chi connectivity index (χ3n) is 1.48. The molecule has 0 aromatic rings. The van der Waals surface area contributed by atoms with Crippen molar-refractivity contribution in [1.29, 1.82) is 0 Å². The lowest BCUT2D eigenvalue weighted by Crippen LogP contribution is -2.06. The third kappa shape index (κ3) is 8.26. The maximum atomic E-state index is 9.81. The molecule has 0 radical (unpaired) electrons. The molecule has 0 heterocycles. The first kappa shape index (κ1) is 12.9. The number of carbonyl (C=O) groups is 1. The first-order valence-corrected chi connectivity index (χ1v) is 5.36. The molecule has 1 aliphatic rings. The lowest BCUT2D eigenvalue weighted by molar-refractivity contribution is -0.116. The normalized spacial score (nSPS) is 24.9. The number of rotatable bonds is 1. The summed E-state index contributed by atoms with van der Waals surface area (Å²) in [6.45, 7) is 3.43. The van der Waals surface area contributed by atoms with Gasteiger partial charge in [-0.2, -0.15) is 0 Å². The van der Waals surface area contributed by atoms with Crippen molar-refractivity contribution >= 4 is 33.3 Å². The lowest BCUT2D eigenvalue weighted by atomic mass is 10.2. The van der Waals surface area contributed by atoms with Gasteiger partial charge in [-0.1, -0.05) is 47.2 Å². The van der Waals surface area contributed by atoms with E-state index in [9.17, 15) is 4.79 Å². The highest BCUT2D eigenvalue weighted by atomic mass is 79.9. The van der Waals surface area contributed by atoms with E-state index >= 15 is 0 Å². The summed E-state index contributed by atoms with van der Waals surface area (Å²) in [6.07, 6.45) is 9.41. The number of hydrogen-bond donors (Lipinski definition) is 0. The van der Waals surface area contributed by atoms with Gasteiger partial charge in [-0.15, -0.1) is 11.6 Å².